The third-order valence-electron chi connectivity index (χ3n) is 1.98. The average molecular weight is 195 g/mol. The van der Waals surface area contributed by atoms with Crippen LogP contribution < -0.4 is 5.56 Å². The van der Waals surface area contributed by atoms with Crippen molar-refractivity contribution in [1.82, 2.24) is 19.1 Å². The van der Waals surface area contributed by atoms with Crippen molar-refractivity contribution in [2.24, 2.45) is 14.1 Å². The molecule has 5 nitrogen and oxygen atoms in total. The van der Waals surface area contributed by atoms with Gasteiger partial charge in [-0.25, -0.2) is 4.98 Å². The lowest BCUT2D eigenvalue weighted by Crippen LogP contribution is -2.21. The molecule has 0 unspecified atom stereocenters. The Morgan fingerprint density at radius 3 is 2.85 bits per heavy atom. The highest BCUT2D eigenvalue weighted by molar-refractivity contribution is 7.71. The monoisotopic (exact) mass is 195 g/mol. The third-order valence-corrected chi connectivity index (χ3v) is 2.53. The summed E-state index contributed by atoms with van der Waals surface area (Å²) in [5, 5.41) is 0. The number of nitrogens with one attached hydrogen (secondary N) is 1. The first-order valence-corrected chi connectivity index (χ1v) is 4.05. The summed E-state index contributed by atoms with van der Waals surface area (Å²) in [4.78, 5) is 18.1. The normalized spacial score (nSPS) is 10.9. The summed E-state index contributed by atoms with van der Waals surface area (Å²) in [6.45, 7) is 0. The number of fused-ring (bicyclic) bond motifs is 1. The number of aromatic amines is 1. The van der Waals surface area contributed by atoms with Crippen LogP contribution in [0.4, 0.5) is 0 Å². The summed E-state index contributed by atoms with van der Waals surface area (Å²) in [5.41, 5.74) is 0.766. The summed E-state index contributed by atoms with van der Waals surface area (Å²) < 4.78 is 3.53. The highest BCUT2D eigenvalue weighted by Gasteiger charge is 2.07. The molecule has 0 bridgehead atoms. The maximum absolute atomic E-state index is 11.5. The molecule has 6 heteroatoms. The predicted molar refractivity (Wildman–Crippen MR) is 50.0 cm³/mol. The molecule has 0 spiro atoms. The van der Waals surface area contributed by atoms with Crippen molar-refractivity contribution in [1.29, 1.82) is 0 Å². The van der Waals surface area contributed by atoms with Crippen LogP contribution in [0.15, 0.2) is 4.79 Å². The quantitative estimate of drug-likeness (QED) is 0.608. The van der Waals surface area contributed by atoms with Gasteiger partial charge in [-0.05, 0) is 12.2 Å². The molecule has 2 aromatic heterocycles. The number of hydrogen-bond donors (Lipinski definition) is 1. The van der Waals surface area contributed by atoms with Gasteiger partial charge in [0.05, 0.1) is 0 Å². The standard InChI is InChI=1S/C7H7N4OS/c1-10-5-4(8-3-9-5)6(12)11(2)7(10)13/h1-2H3,(H,8,9). The zero-order chi connectivity index (χ0) is 9.59. The van der Waals surface area contributed by atoms with Crippen molar-refractivity contribution in [3.63, 3.8) is 0 Å². The molecule has 0 amide bonds. The molecule has 0 saturated heterocycles. The van der Waals surface area contributed by atoms with Crippen LogP contribution in [0, 0.1) is 11.1 Å². The van der Waals surface area contributed by atoms with E-state index in [0.717, 1.165) is 0 Å². The van der Waals surface area contributed by atoms with Crippen molar-refractivity contribution in [2.75, 3.05) is 0 Å². The van der Waals surface area contributed by atoms with E-state index in [2.05, 4.69) is 16.3 Å². The first-order valence-electron chi connectivity index (χ1n) is 3.64. The van der Waals surface area contributed by atoms with Crippen LogP contribution >= 0.6 is 12.2 Å². The third kappa shape index (κ3) is 0.951. The number of imidazole rings is 1. The Morgan fingerprint density at radius 2 is 2.15 bits per heavy atom. The van der Waals surface area contributed by atoms with Gasteiger partial charge in [0.1, 0.15) is 5.65 Å². The van der Waals surface area contributed by atoms with Gasteiger partial charge in [0.15, 0.2) is 16.6 Å². The molecule has 0 saturated carbocycles. The molecule has 2 aromatic rings. The van der Waals surface area contributed by atoms with E-state index in [0.29, 0.717) is 15.9 Å². The molecular weight excluding hydrogens is 188 g/mol. The zero-order valence-electron chi connectivity index (χ0n) is 7.16. The Morgan fingerprint density at radius 1 is 1.46 bits per heavy atom. The fraction of sp³-hybridized carbons (Fsp3) is 0.286. The van der Waals surface area contributed by atoms with Crippen LogP contribution in [-0.2, 0) is 14.1 Å². The SMILES string of the molecule is Cn1c(=O)c2n[c][nH]c2n(C)c1=S. The Hall–Kier alpha value is -1.43. The number of rotatable bonds is 0. The molecule has 0 fully saturated rings. The van der Waals surface area contributed by atoms with Crippen molar-refractivity contribution >= 4 is 23.4 Å². The Kier molecular flexibility index (Phi) is 1.59. The summed E-state index contributed by atoms with van der Waals surface area (Å²) in [6, 6.07) is 0. The Balaban J connectivity index is 3.21. The predicted octanol–water partition coefficient (Wildman–Crippen LogP) is 0.130. The fourth-order valence-corrected chi connectivity index (χ4v) is 1.38. The minimum absolute atomic E-state index is 0.199. The number of hydrogen-bond acceptors (Lipinski definition) is 3. The molecular formula is C7H7N4OS. The molecule has 0 atom stereocenters. The van der Waals surface area contributed by atoms with E-state index in [1.807, 2.05) is 0 Å². The summed E-state index contributed by atoms with van der Waals surface area (Å²) in [7, 11) is 3.40. The van der Waals surface area contributed by atoms with Crippen LogP contribution in [0.1, 0.15) is 0 Å². The van der Waals surface area contributed by atoms with E-state index in [1.165, 1.54) is 4.57 Å². The van der Waals surface area contributed by atoms with Gasteiger partial charge in [0.25, 0.3) is 5.56 Å². The molecule has 13 heavy (non-hydrogen) atoms. The van der Waals surface area contributed by atoms with Crippen LogP contribution in [0.25, 0.3) is 11.2 Å². The highest BCUT2D eigenvalue weighted by Crippen LogP contribution is 2.01. The second-order valence-corrected chi connectivity index (χ2v) is 3.12. The van der Waals surface area contributed by atoms with Crippen LogP contribution in [0.2, 0.25) is 0 Å². The van der Waals surface area contributed by atoms with Crippen molar-refractivity contribution in [3.8, 4) is 0 Å². The highest BCUT2D eigenvalue weighted by atomic mass is 32.1. The first-order chi connectivity index (χ1) is 6.13. The molecule has 0 aliphatic heterocycles. The lowest BCUT2D eigenvalue weighted by Gasteiger charge is -2.03. The van der Waals surface area contributed by atoms with E-state index in [4.69, 9.17) is 12.2 Å². The van der Waals surface area contributed by atoms with Crippen molar-refractivity contribution in [2.45, 2.75) is 0 Å². The van der Waals surface area contributed by atoms with Gasteiger partial charge in [-0.3, -0.25) is 9.36 Å². The molecule has 0 aliphatic rings. The molecule has 0 aliphatic carbocycles. The zero-order valence-corrected chi connectivity index (χ0v) is 7.97. The van der Waals surface area contributed by atoms with E-state index >= 15 is 0 Å². The van der Waals surface area contributed by atoms with Gasteiger partial charge in [0.2, 0.25) is 0 Å². The van der Waals surface area contributed by atoms with Crippen LogP contribution in [0.3, 0.4) is 0 Å². The Bertz CT molecular complexity index is 576. The van der Waals surface area contributed by atoms with Gasteiger partial charge in [-0.1, -0.05) is 0 Å². The Labute approximate surface area is 78.7 Å². The number of H-pyrrole nitrogens is 1. The largest absolute Gasteiger partial charge is 0.321 e. The smallest absolute Gasteiger partial charge is 0.282 e. The van der Waals surface area contributed by atoms with E-state index < -0.39 is 0 Å². The van der Waals surface area contributed by atoms with Gasteiger partial charge >= 0.3 is 0 Å². The molecule has 0 aromatic carbocycles. The molecule has 1 N–H and O–H groups in total. The fourth-order valence-electron chi connectivity index (χ4n) is 1.21. The number of nitrogens with zero attached hydrogens (tertiary/aromatic N) is 3. The lowest BCUT2D eigenvalue weighted by molar-refractivity contribution is 0.741. The maximum atomic E-state index is 11.5. The van der Waals surface area contributed by atoms with E-state index in [9.17, 15) is 4.79 Å². The summed E-state index contributed by atoms with van der Waals surface area (Å²) in [6.07, 6.45) is 2.52. The first kappa shape index (κ1) is 8.18. The molecule has 1 radical (unpaired) electrons. The molecule has 2 heterocycles. The summed E-state index contributed by atoms with van der Waals surface area (Å²) in [5.74, 6) is 0. The summed E-state index contributed by atoms with van der Waals surface area (Å²) >= 11 is 5.04. The second kappa shape index (κ2) is 2.53. The van der Waals surface area contributed by atoms with E-state index in [1.54, 1.807) is 18.7 Å². The minimum atomic E-state index is -0.199. The van der Waals surface area contributed by atoms with Crippen molar-refractivity contribution < 1.29 is 0 Å². The van der Waals surface area contributed by atoms with Crippen molar-refractivity contribution in [3.05, 3.63) is 21.5 Å². The second-order valence-electron chi connectivity index (χ2n) is 2.75. The lowest BCUT2D eigenvalue weighted by atomic mass is 10.5. The van der Waals surface area contributed by atoms with Crippen LogP contribution in [0.5, 0.6) is 0 Å². The van der Waals surface area contributed by atoms with Crippen LogP contribution in [-0.4, -0.2) is 19.1 Å². The van der Waals surface area contributed by atoms with Gasteiger partial charge < -0.3 is 9.55 Å². The van der Waals surface area contributed by atoms with Gasteiger partial charge in [-0.15, -0.1) is 0 Å². The van der Waals surface area contributed by atoms with Gasteiger partial charge in [0, 0.05) is 14.1 Å². The minimum Gasteiger partial charge on any atom is -0.321 e. The van der Waals surface area contributed by atoms with E-state index in [-0.39, 0.29) is 5.56 Å². The number of aryl methyl sites for hydroxylation is 1. The molecule has 67 valence electrons. The molecule has 2 rings (SSSR count). The van der Waals surface area contributed by atoms with Gasteiger partial charge in [-0.2, -0.15) is 0 Å². The average Bonchev–Trinajstić information content (AvgIpc) is 2.59. The maximum Gasteiger partial charge on any atom is 0.282 e. The number of aromatic nitrogens is 4. The topological polar surface area (TPSA) is 55.6 Å².